The second-order valence-corrected chi connectivity index (χ2v) is 2.80. The highest BCUT2D eigenvalue weighted by atomic mass is 16.1. The average molecular weight is 220 g/mol. The first-order valence-corrected chi connectivity index (χ1v) is 5.94. The standard InChI is InChI=1S/C11H12O.2C2H6/c1-9(8-10(2)12)11-6-4-3-5-7-11;2*1-2/h3-8H,1-2H3;2*1-2H3/b9-8+;;. The van der Waals surface area contributed by atoms with Crippen LogP contribution in [-0.4, -0.2) is 5.78 Å². The fourth-order valence-electron chi connectivity index (χ4n) is 1.09. The first-order chi connectivity index (χ1) is 7.70. The van der Waals surface area contributed by atoms with Gasteiger partial charge in [-0.1, -0.05) is 58.0 Å². The Labute approximate surface area is 100 Å². The molecule has 0 saturated carbocycles. The molecule has 0 amide bonds. The van der Waals surface area contributed by atoms with Gasteiger partial charge in [0.2, 0.25) is 0 Å². The number of allylic oxidation sites excluding steroid dienone is 2. The molecule has 1 rings (SSSR count). The predicted molar refractivity (Wildman–Crippen MR) is 73.5 cm³/mol. The van der Waals surface area contributed by atoms with Gasteiger partial charge in [-0.2, -0.15) is 0 Å². The van der Waals surface area contributed by atoms with Crippen molar-refractivity contribution in [3.8, 4) is 0 Å². The summed E-state index contributed by atoms with van der Waals surface area (Å²) in [6.07, 6.45) is 1.65. The highest BCUT2D eigenvalue weighted by Gasteiger charge is 1.94. The minimum absolute atomic E-state index is 0.0938. The molecule has 0 aromatic heterocycles. The van der Waals surface area contributed by atoms with Gasteiger partial charge in [-0.15, -0.1) is 0 Å². The maximum atomic E-state index is 10.8. The summed E-state index contributed by atoms with van der Waals surface area (Å²) in [5.74, 6) is 0.0938. The van der Waals surface area contributed by atoms with Gasteiger partial charge < -0.3 is 0 Å². The molecule has 0 atom stereocenters. The van der Waals surface area contributed by atoms with E-state index in [0.29, 0.717) is 0 Å². The molecule has 0 fully saturated rings. The molecular weight excluding hydrogens is 196 g/mol. The number of carbonyl (C=O) groups excluding carboxylic acids is 1. The van der Waals surface area contributed by atoms with Crippen LogP contribution in [-0.2, 0) is 4.79 Å². The van der Waals surface area contributed by atoms with E-state index in [9.17, 15) is 4.79 Å². The molecule has 1 heteroatoms. The second kappa shape index (κ2) is 11.7. The molecule has 0 spiro atoms. The molecule has 0 unspecified atom stereocenters. The molecule has 1 aromatic rings. The minimum Gasteiger partial charge on any atom is -0.295 e. The smallest absolute Gasteiger partial charge is 0.152 e. The van der Waals surface area contributed by atoms with Gasteiger partial charge in [-0.05, 0) is 31.1 Å². The molecule has 0 aliphatic heterocycles. The lowest BCUT2D eigenvalue weighted by atomic mass is 10.1. The van der Waals surface area contributed by atoms with Gasteiger partial charge in [0, 0.05) is 0 Å². The lowest BCUT2D eigenvalue weighted by molar-refractivity contribution is -0.112. The number of hydrogen-bond acceptors (Lipinski definition) is 1. The summed E-state index contributed by atoms with van der Waals surface area (Å²) in [6, 6.07) is 9.88. The van der Waals surface area contributed by atoms with Gasteiger partial charge in [0.1, 0.15) is 0 Å². The average Bonchev–Trinajstić information content (AvgIpc) is 2.34. The molecule has 16 heavy (non-hydrogen) atoms. The molecule has 1 aromatic carbocycles. The summed E-state index contributed by atoms with van der Waals surface area (Å²) in [7, 11) is 0. The van der Waals surface area contributed by atoms with Gasteiger partial charge in [-0.25, -0.2) is 0 Å². The highest BCUT2D eigenvalue weighted by molar-refractivity contribution is 5.94. The Bertz CT molecular complexity index is 296. The van der Waals surface area contributed by atoms with Crippen molar-refractivity contribution < 1.29 is 4.79 Å². The van der Waals surface area contributed by atoms with Gasteiger partial charge in [0.25, 0.3) is 0 Å². The zero-order valence-corrected chi connectivity index (χ0v) is 11.4. The maximum absolute atomic E-state index is 10.8. The lowest BCUT2D eigenvalue weighted by Crippen LogP contribution is -1.85. The van der Waals surface area contributed by atoms with E-state index in [-0.39, 0.29) is 5.78 Å². The van der Waals surface area contributed by atoms with Crippen LogP contribution < -0.4 is 0 Å². The third-order valence-electron chi connectivity index (χ3n) is 1.65. The van der Waals surface area contributed by atoms with Crippen LogP contribution in [0.3, 0.4) is 0 Å². The number of ketones is 1. The van der Waals surface area contributed by atoms with E-state index < -0.39 is 0 Å². The maximum Gasteiger partial charge on any atom is 0.152 e. The number of rotatable bonds is 2. The van der Waals surface area contributed by atoms with Gasteiger partial charge in [0.15, 0.2) is 5.78 Å². The summed E-state index contributed by atoms with van der Waals surface area (Å²) >= 11 is 0. The van der Waals surface area contributed by atoms with Crippen molar-refractivity contribution in [3.05, 3.63) is 42.0 Å². The fourth-order valence-corrected chi connectivity index (χ4v) is 1.09. The molecule has 0 bridgehead atoms. The molecular formula is C15H24O. The Morgan fingerprint density at radius 1 is 0.938 bits per heavy atom. The van der Waals surface area contributed by atoms with E-state index in [4.69, 9.17) is 0 Å². The molecule has 0 aliphatic rings. The summed E-state index contributed by atoms with van der Waals surface area (Å²) in [5.41, 5.74) is 2.12. The molecule has 0 N–H and O–H groups in total. The fraction of sp³-hybridized carbons (Fsp3) is 0.400. The predicted octanol–water partition coefficient (Wildman–Crippen LogP) is 4.73. The highest BCUT2D eigenvalue weighted by Crippen LogP contribution is 2.11. The van der Waals surface area contributed by atoms with Crippen LogP contribution in [0.5, 0.6) is 0 Å². The molecule has 90 valence electrons. The molecule has 0 radical (unpaired) electrons. The van der Waals surface area contributed by atoms with Crippen LogP contribution in [0.15, 0.2) is 36.4 Å². The van der Waals surface area contributed by atoms with Crippen LogP contribution in [0.25, 0.3) is 5.57 Å². The molecule has 0 heterocycles. The Morgan fingerprint density at radius 3 is 1.75 bits per heavy atom. The third-order valence-corrected chi connectivity index (χ3v) is 1.65. The lowest BCUT2D eigenvalue weighted by Gasteiger charge is -1.98. The Hall–Kier alpha value is -1.37. The van der Waals surface area contributed by atoms with Crippen LogP contribution >= 0.6 is 0 Å². The van der Waals surface area contributed by atoms with Crippen LogP contribution in [0.1, 0.15) is 47.1 Å². The van der Waals surface area contributed by atoms with Crippen LogP contribution in [0.4, 0.5) is 0 Å². The third kappa shape index (κ3) is 7.98. The Kier molecular flexibility index (Phi) is 12.5. The van der Waals surface area contributed by atoms with Crippen molar-refractivity contribution >= 4 is 11.4 Å². The Balaban J connectivity index is 0. The first kappa shape index (κ1) is 17.0. The van der Waals surface area contributed by atoms with Crippen molar-refractivity contribution in [1.82, 2.24) is 0 Å². The summed E-state index contributed by atoms with van der Waals surface area (Å²) in [6.45, 7) is 11.5. The quantitative estimate of drug-likeness (QED) is 0.658. The summed E-state index contributed by atoms with van der Waals surface area (Å²) < 4.78 is 0. The van der Waals surface area contributed by atoms with Gasteiger partial charge in [0.05, 0.1) is 0 Å². The number of hydrogen-bond donors (Lipinski definition) is 0. The van der Waals surface area contributed by atoms with E-state index in [1.54, 1.807) is 13.0 Å². The van der Waals surface area contributed by atoms with E-state index in [0.717, 1.165) is 11.1 Å². The van der Waals surface area contributed by atoms with E-state index in [1.165, 1.54) is 0 Å². The van der Waals surface area contributed by atoms with E-state index in [2.05, 4.69) is 0 Å². The second-order valence-electron chi connectivity index (χ2n) is 2.80. The number of benzene rings is 1. The zero-order valence-electron chi connectivity index (χ0n) is 11.4. The number of carbonyl (C=O) groups is 1. The van der Waals surface area contributed by atoms with Crippen molar-refractivity contribution in [2.45, 2.75) is 41.5 Å². The summed E-state index contributed by atoms with van der Waals surface area (Å²) in [4.78, 5) is 10.8. The topological polar surface area (TPSA) is 17.1 Å². The van der Waals surface area contributed by atoms with Gasteiger partial charge >= 0.3 is 0 Å². The van der Waals surface area contributed by atoms with Crippen LogP contribution in [0.2, 0.25) is 0 Å². The SMILES string of the molecule is CC.CC.CC(=O)/C=C(\C)c1ccccc1. The van der Waals surface area contributed by atoms with Gasteiger partial charge in [-0.3, -0.25) is 4.79 Å². The molecule has 0 aliphatic carbocycles. The van der Waals surface area contributed by atoms with Crippen LogP contribution in [0, 0.1) is 0 Å². The Morgan fingerprint density at radius 2 is 1.38 bits per heavy atom. The molecule has 0 saturated heterocycles. The van der Waals surface area contributed by atoms with Crippen molar-refractivity contribution in [2.75, 3.05) is 0 Å². The van der Waals surface area contributed by atoms with Crippen molar-refractivity contribution in [1.29, 1.82) is 0 Å². The largest absolute Gasteiger partial charge is 0.295 e. The van der Waals surface area contributed by atoms with E-state index in [1.807, 2.05) is 65.0 Å². The van der Waals surface area contributed by atoms with Crippen molar-refractivity contribution in [2.24, 2.45) is 0 Å². The minimum atomic E-state index is 0.0938. The van der Waals surface area contributed by atoms with Crippen molar-refractivity contribution in [3.63, 3.8) is 0 Å². The first-order valence-electron chi connectivity index (χ1n) is 5.94. The summed E-state index contributed by atoms with van der Waals surface area (Å²) in [5, 5.41) is 0. The monoisotopic (exact) mass is 220 g/mol. The molecule has 1 nitrogen and oxygen atoms in total. The normalized spacial score (nSPS) is 9.25. The zero-order chi connectivity index (χ0) is 13.0. The van der Waals surface area contributed by atoms with E-state index >= 15 is 0 Å².